The van der Waals surface area contributed by atoms with Crippen LogP contribution in [0, 0.1) is 10.8 Å². The van der Waals surface area contributed by atoms with Crippen LogP contribution >= 0.6 is 0 Å². The molecule has 1 atom stereocenters. The standard InChI is InChI=1S/C15H30O4.C8H18O2.C7H12O2.N2/c1-8-9-10-17-13(16)12(19-15(5,6)7)11-18-14(2,3)4;1-7(2,3)9-10-8(4,5)6;1-3-5-6-9-7(8)4-2;1-2/h12H,8-11H2,1-7H3;1-6H3;4H,2-3,5-6H2,1H3;. The number of hydrogen-bond acceptors (Lipinski definition) is 10. The van der Waals surface area contributed by atoms with Gasteiger partial charge < -0.3 is 18.9 Å². The van der Waals surface area contributed by atoms with Crippen LogP contribution in [0.25, 0.3) is 0 Å². The van der Waals surface area contributed by atoms with Crippen molar-refractivity contribution in [1.82, 2.24) is 0 Å². The minimum atomic E-state index is -0.670. The zero-order valence-electron chi connectivity index (χ0n) is 28.0. The number of ether oxygens (including phenoxy) is 4. The van der Waals surface area contributed by atoms with Gasteiger partial charge in [-0.15, -0.1) is 0 Å². The zero-order valence-corrected chi connectivity index (χ0v) is 28.0. The first-order chi connectivity index (χ1) is 18.1. The molecule has 10 nitrogen and oxygen atoms in total. The van der Waals surface area contributed by atoms with Crippen LogP contribution in [0.15, 0.2) is 12.7 Å². The maximum absolute atomic E-state index is 12.0. The van der Waals surface area contributed by atoms with Crippen molar-refractivity contribution in [3.05, 3.63) is 12.7 Å². The van der Waals surface area contributed by atoms with E-state index in [2.05, 4.69) is 18.2 Å². The largest absolute Gasteiger partial charge is 0.464 e. The minimum absolute atomic E-state index is 0.214. The van der Waals surface area contributed by atoms with Gasteiger partial charge in [-0.2, -0.15) is 0 Å². The molecule has 0 aromatic carbocycles. The summed E-state index contributed by atoms with van der Waals surface area (Å²) in [6.45, 7) is 31.9. The fourth-order valence-electron chi connectivity index (χ4n) is 1.94. The summed E-state index contributed by atoms with van der Waals surface area (Å²) in [6.07, 6.45) is 4.35. The Kier molecular flexibility index (Phi) is 26.5. The Bertz CT molecular complexity index is 652. The van der Waals surface area contributed by atoms with E-state index in [1.54, 1.807) is 0 Å². The van der Waals surface area contributed by atoms with E-state index < -0.39 is 11.7 Å². The fourth-order valence-corrected chi connectivity index (χ4v) is 1.94. The highest BCUT2D eigenvalue weighted by atomic mass is 17.2. The molecule has 0 spiro atoms. The molecule has 0 aliphatic carbocycles. The van der Waals surface area contributed by atoms with E-state index in [-0.39, 0.29) is 35.3 Å². The molecule has 0 aliphatic rings. The van der Waals surface area contributed by atoms with Crippen LogP contribution in [0.3, 0.4) is 0 Å². The number of carbonyl (C=O) groups excluding carboxylic acids is 2. The molecule has 0 amide bonds. The summed E-state index contributed by atoms with van der Waals surface area (Å²) in [5.41, 5.74) is -1.14. The van der Waals surface area contributed by atoms with Gasteiger partial charge in [0.15, 0.2) is 6.10 Å². The first kappa shape index (κ1) is 44.9. The van der Waals surface area contributed by atoms with Crippen LogP contribution in [0.1, 0.15) is 123 Å². The molecule has 0 rings (SSSR count). The van der Waals surface area contributed by atoms with Crippen molar-refractivity contribution in [2.75, 3.05) is 19.8 Å². The zero-order chi connectivity index (χ0) is 32.6. The van der Waals surface area contributed by atoms with E-state index in [0.717, 1.165) is 25.7 Å². The molecule has 0 saturated carbocycles. The molecular formula is C30H60N2O8. The van der Waals surface area contributed by atoms with Gasteiger partial charge in [0.05, 0.1) is 42.2 Å². The van der Waals surface area contributed by atoms with Gasteiger partial charge in [-0.05, 0) is 95.9 Å². The molecule has 0 aromatic rings. The van der Waals surface area contributed by atoms with Gasteiger partial charge in [0.1, 0.15) is 0 Å². The molecule has 1 unspecified atom stereocenters. The van der Waals surface area contributed by atoms with Gasteiger partial charge in [-0.25, -0.2) is 19.4 Å². The van der Waals surface area contributed by atoms with E-state index in [9.17, 15) is 9.59 Å². The van der Waals surface area contributed by atoms with E-state index in [1.807, 2.05) is 90.0 Å². The second kappa shape index (κ2) is 23.6. The third kappa shape index (κ3) is 43.0. The summed E-state index contributed by atoms with van der Waals surface area (Å²) < 4.78 is 21.3. The number of nitrogens with zero attached hydrogens (tertiary/aromatic N) is 2. The molecular weight excluding hydrogens is 516 g/mol. The van der Waals surface area contributed by atoms with Gasteiger partial charge in [0.2, 0.25) is 0 Å². The lowest BCUT2D eigenvalue weighted by atomic mass is 10.1. The van der Waals surface area contributed by atoms with Gasteiger partial charge >= 0.3 is 11.9 Å². The molecule has 40 heavy (non-hydrogen) atoms. The fraction of sp³-hybridized carbons (Fsp3) is 0.867. The van der Waals surface area contributed by atoms with Crippen molar-refractivity contribution < 1.29 is 38.3 Å². The predicted molar refractivity (Wildman–Crippen MR) is 157 cm³/mol. The molecule has 0 aromatic heterocycles. The van der Waals surface area contributed by atoms with Gasteiger partial charge in [-0.3, -0.25) is 0 Å². The van der Waals surface area contributed by atoms with E-state index >= 15 is 0 Å². The second-order valence-electron chi connectivity index (χ2n) is 12.8. The highest BCUT2D eigenvalue weighted by Gasteiger charge is 2.28. The predicted octanol–water partition coefficient (Wildman–Crippen LogP) is 7.41. The number of unbranched alkanes of at least 4 members (excludes halogenated alkanes) is 2. The Labute approximate surface area is 244 Å². The molecule has 0 fully saturated rings. The molecule has 0 bridgehead atoms. The lowest BCUT2D eigenvalue weighted by Gasteiger charge is -2.29. The van der Waals surface area contributed by atoms with E-state index in [4.69, 9.17) is 34.8 Å². The molecule has 0 N–H and O–H groups in total. The van der Waals surface area contributed by atoms with Crippen LogP contribution in [-0.2, 0) is 38.3 Å². The van der Waals surface area contributed by atoms with Crippen LogP contribution in [0.5, 0.6) is 0 Å². The average Bonchev–Trinajstić information content (AvgIpc) is 2.80. The van der Waals surface area contributed by atoms with Crippen LogP contribution in [0.4, 0.5) is 0 Å². The number of esters is 2. The average molecular weight is 577 g/mol. The maximum Gasteiger partial charge on any atom is 0.337 e. The van der Waals surface area contributed by atoms with E-state index in [0.29, 0.717) is 13.2 Å². The van der Waals surface area contributed by atoms with Crippen molar-refractivity contribution in [2.45, 2.75) is 151 Å². The Morgan fingerprint density at radius 2 is 1.10 bits per heavy atom. The topological polar surface area (TPSA) is 137 Å². The Balaban J connectivity index is -0.000000259. The minimum Gasteiger partial charge on any atom is -0.464 e. The van der Waals surface area contributed by atoms with E-state index in [1.165, 1.54) is 6.08 Å². The van der Waals surface area contributed by atoms with Crippen LogP contribution in [0.2, 0.25) is 0 Å². The first-order valence-corrected chi connectivity index (χ1v) is 13.9. The smallest absolute Gasteiger partial charge is 0.337 e. The summed E-state index contributed by atoms with van der Waals surface area (Å²) in [5, 5.41) is 12.0. The number of carbonyl (C=O) groups is 2. The van der Waals surface area contributed by atoms with Crippen LogP contribution in [-0.4, -0.2) is 60.3 Å². The third-order valence-corrected chi connectivity index (χ3v) is 3.62. The Morgan fingerprint density at radius 1 is 0.700 bits per heavy atom. The molecule has 0 heterocycles. The highest BCUT2D eigenvalue weighted by Crippen LogP contribution is 2.16. The summed E-state index contributed by atoms with van der Waals surface area (Å²) in [5.74, 6) is -0.670. The molecule has 0 saturated heterocycles. The normalized spacial score (nSPS) is 12.2. The number of hydrogen-bond donors (Lipinski definition) is 0. The molecule has 0 radical (unpaired) electrons. The quantitative estimate of drug-likeness (QED) is 0.0576. The SMILES string of the molecule is C=CC(=O)OCCCC.CC(C)(C)OOC(C)(C)C.CCCCOC(=O)C(COC(C)(C)C)OC(C)(C)C.N#N. The molecule has 0 aliphatic heterocycles. The third-order valence-electron chi connectivity index (χ3n) is 3.62. The van der Waals surface area contributed by atoms with Crippen molar-refractivity contribution in [1.29, 1.82) is 10.8 Å². The first-order valence-electron chi connectivity index (χ1n) is 13.9. The molecule has 10 heteroatoms. The Morgan fingerprint density at radius 3 is 1.40 bits per heavy atom. The second-order valence-corrected chi connectivity index (χ2v) is 12.8. The van der Waals surface area contributed by atoms with Crippen molar-refractivity contribution in [3.63, 3.8) is 0 Å². The molecule has 238 valence electrons. The summed E-state index contributed by atoms with van der Waals surface area (Å²) in [7, 11) is 0. The monoisotopic (exact) mass is 576 g/mol. The van der Waals surface area contributed by atoms with Crippen LogP contribution < -0.4 is 0 Å². The lowest BCUT2D eigenvalue weighted by molar-refractivity contribution is -0.393. The van der Waals surface area contributed by atoms with Gasteiger partial charge in [0.25, 0.3) is 0 Å². The van der Waals surface area contributed by atoms with Gasteiger partial charge in [-0.1, -0.05) is 33.3 Å². The van der Waals surface area contributed by atoms with Crippen molar-refractivity contribution in [2.24, 2.45) is 0 Å². The highest BCUT2D eigenvalue weighted by molar-refractivity contribution is 5.81. The maximum atomic E-state index is 12.0. The Hall–Kier alpha value is -2.06. The summed E-state index contributed by atoms with van der Waals surface area (Å²) >= 11 is 0. The van der Waals surface area contributed by atoms with Crippen molar-refractivity contribution >= 4 is 11.9 Å². The summed E-state index contributed by atoms with van der Waals surface area (Å²) in [4.78, 5) is 32.5. The number of rotatable bonds is 12. The summed E-state index contributed by atoms with van der Waals surface area (Å²) in [6, 6.07) is 0. The lowest BCUT2D eigenvalue weighted by Crippen LogP contribution is -2.40. The van der Waals surface area contributed by atoms with Crippen molar-refractivity contribution in [3.8, 4) is 0 Å². The van der Waals surface area contributed by atoms with Gasteiger partial charge in [0, 0.05) is 16.9 Å².